The minimum Gasteiger partial charge on any atom is -0.489 e. The standard InChI is InChI=1S/C21H26N2O3/c1-15(2)26-20-13-9-8-12-19(20)22-21(25)14-23(17(4)24)16(3)18-10-6-5-7-11-18/h5-13,15-16H,14H2,1-4H3,(H,22,25). The van der Waals surface area contributed by atoms with Crippen molar-refractivity contribution in [3.05, 3.63) is 60.2 Å². The molecule has 1 N–H and O–H groups in total. The number of ether oxygens (including phenoxy) is 1. The zero-order valence-electron chi connectivity index (χ0n) is 15.7. The van der Waals surface area contributed by atoms with Gasteiger partial charge in [-0.25, -0.2) is 0 Å². The van der Waals surface area contributed by atoms with Gasteiger partial charge in [0.2, 0.25) is 11.8 Å². The van der Waals surface area contributed by atoms with Gasteiger partial charge in [0.1, 0.15) is 12.3 Å². The highest BCUT2D eigenvalue weighted by molar-refractivity contribution is 5.95. The van der Waals surface area contributed by atoms with Crippen LogP contribution in [0.25, 0.3) is 0 Å². The molecule has 1 unspecified atom stereocenters. The number of amides is 2. The Balaban J connectivity index is 2.10. The van der Waals surface area contributed by atoms with Crippen LogP contribution in [0.4, 0.5) is 5.69 Å². The molecule has 2 amide bonds. The van der Waals surface area contributed by atoms with E-state index in [0.717, 1.165) is 5.56 Å². The minimum absolute atomic E-state index is 0.000118. The third-order valence-electron chi connectivity index (χ3n) is 3.99. The molecule has 5 heteroatoms. The molecule has 138 valence electrons. The number of nitrogens with one attached hydrogen (secondary N) is 1. The highest BCUT2D eigenvalue weighted by atomic mass is 16.5. The average Bonchev–Trinajstić information content (AvgIpc) is 2.61. The van der Waals surface area contributed by atoms with E-state index in [0.29, 0.717) is 11.4 Å². The van der Waals surface area contributed by atoms with Crippen LogP contribution in [0.15, 0.2) is 54.6 Å². The summed E-state index contributed by atoms with van der Waals surface area (Å²) in [5.41, 5.74) is 1.58. The van der Waals surface area contributed by atoms with Crippen molar-refractivity contribution in [3.63, 3.8) is 0 Å². The van der Waals surface area contributed by atoms with Gasteiger partial charge in [-0.05, 0) is 38.5 Å². The number of carbonyl (C=O) groups is 2. The van der Waals surface area contributed by atoms with Crippen LogP contribution in [0.1, 0.15) is 39.3 Å². The van der Waals surface area contributed by atoms with E-state index >= 15 is 0 Å². The van der Waals surface area contributed by atoms with Crippen molar-refractivity contribution in [2.45, 2.75) is 39.8 Å². The maximum Gasteiger partial charge on any atom is 0.244 e. The number of carbonyl (C=O) groups excluding carboxylic acids is 2. The molecule has 0 radical (unpaired) electrons. The van der Waals surface area contributed by atoms with Gasteiger partial charge in [-0.15, -0.1) is 0 Å². The molecule has 2 aromatic rings. The molecule has 1 atom stereocenters. The normalized spacial score (nSPS) is 11.7. The van der Waals surface area contributed by atoms with Crippen LogP contribution < -0.4 is 10.1 Å². The number of para-hydroxylation sites is 2. The molecule has 26 heavy (non-hydrogen) atoms. The lowest BCUT2D eigenvalue weighted by molar-refractivity contribution is -0.134. The van der Waals surface area contributed by atoms with Gasteiger partial charge in [-0.1, -0.05) is 42.5 Å². The molecule has 0 saturated carbocycles. The zero-order chi connectivity index (χ0) is 19.1. The summed E-state index contributed by atoms with van der Waals surface area (Å²) in [6.07, 6.45) is -0.000118. The molecule has 0 aliphatic heterocycles. The lowest BCUT2D eigenvalue weighted by Gasteiger charge is -2.28. The van der Waals surface area contributed by atoms with E-state index in [4.69, 9.17) is 4.74 Å². The Kier molecular flexibility index (Phi) is 6.78. The Hall–Kier alpha value is -2.82. The molecular formula is C21H26N2O3. The van der Waals surface area contributed by atoms with Gasteiger partial charge in [0, 0.05) is 6.92 Å². The number of benzene rings is 2. The van der Waals surface area contributed by atoms with E-state index in [2.05, 4.69) is 5.32 Å². The number of hydrogen-bond acceptors (Lipinski definition) is 3. The van der Waals surface area contributed by atoms with Gasteiger partial charge in [-0.2, -0.15) is 0 Å². The van der Waals surface area contributed by atoms with Gasteiger partial charge in [0.25, 0.3) is 0 Å². The van der Waals surface area contributed by atoms with E-state index in [-0.39, 0.29) is 30.5 Å². The molecule has 0 fully saturated rings. The maximum atomic E-state index is 12.5. The molecular weight excluding hydrogens is 328 g/mol. The molecule has 0 aliphatic rings. The second-order valence-electron chi connectivity index (χ2n) is 6.44. The first-order valence-electron chi connectivity index (χ1n) is 8.76. The highest BCUT2D eigenvalue weighted by Gasteiger charge is 2.21. The smallest absolute Gasteiger partial charge is 0.244 e. The lowest BCUT2D eigenvalue weighted by Crippen LogP contribution is -2.38. The summed E-state index contributed by atoms with van der Waals surface area (Å²) in [4.78, 5) is 26.2. The first-order valence-corrected chi connectivity index (χ1v) is 8.76. The first kappa shape index (κ1) is 19.5. The summed E-state index contributed by atoms with van der Waals surface area (Å²) >= 11 is 0. The minimum atomic E-state index is -0.261. The second kappa shape index (κ2) is 9.04. The van der Waals surface area contributed by atoms with Gasteiger partial charge >= 0.3 is 0 Å². The van der Waals surface area contributed by atoms with Crippen molar-refractivity contribution in [1.29, 1.82) is 0 Å². The third kappa shape index (κ3) is 5.34. The van der Waals surface area contributed by atoms with Crippen LogP contribution in [0.2, 0.25) is 0 Å². The SMILES string of the molecule is CC(=O)N(CC(=O)Nc1ccccc1OC(C)C)C(C)c1ccccc1. The Morgan fingerprint density at radius 3 is 2.23 bits per heavy atom. The van der Waals surface area contributed by atoms with Crippen LogP contribution in [0.5, 0.6) is 5.75 Å². The molecule has 2 rings (SSSR count). The zero-order valence-corrected chi connectivity index (χ0v) is 15.7. The van der Waals surface area contributed by atoms with Crippen LogP contribution in [-0.2, 0) is 9.59 Å². The van der Waals surface area contributed by atoms with Gasteiger partial charge in [0.05, 0.1) is 17.8 Å². The first-order chi connectivity index (χ1) is 12.4. The Morgan fingerprint density at radius 1 is 1.00 bits per heavy atom. The Morgan fingerprint density at radius 2 is 1.62 bits per heavy atom. The van der Waals surface area contributed by atoms with E-state index in [1.165, 1.54) is 6.92 Å². The fourth-order valence-electron chi connectivity index (χ4n) is 2.70. The molecule has 0 heterocycles. The van der Waals surface area contributed by atoms with Crippen LogP contribution in [0.3, 0.4) is 0 Å². The van der Waals surface area contributed by atoms with Crippen molar-refractivity contribution in [3.8, 4) is 5.75 Å². The molecule has 0 aliphatic carbocycles. The van der Waals surface area contributed by atoms with Crippen molar-refractivity contribution < 1.29 is 14.3 Å². The second-order valence-corrected chi connectivity index (χ2v) is 6.44. The third-order valence-corrected chi connectivity index (χ3v) is 3.99. The Labute approximate surface area is 155 Å². The number of hydrogen-bond donors (Lipinski definition) is 1. The van der Waals surface area contributed by atoms with Crippen molar-refractivity contribution >= 4 is 17.5 Å². The predicted octanol–water partition coefficient (Wildman–Crippen LogP) is 4.02. The van der Waals surface area contributed by atoms with E-state index in [9.17, 15) is 9.59 Å². The van der Waals surface area contributed by atoms with Crippen molar-refractivity contribution in [2.24, 2.45) is 0 Å². The molecule has 0 aromatic heterocycles. The molecule has 2 aromatic carbocycles. The van der Waals surface area contributed by atoms with Crippen LogP contribution in [0, 0.1) is 0 Å². The Bertz CT molecular complexity index is 744. The highest BCUT2D eigenvalue weighted by Crippen LogP contribution is 2.25. The molecule has 0 spiro atoms. The molecule has 5 nitrogen and oxygen atoms in total. The summed E-state index contributed by atoms with van der Waals surface area (Å²) in [5.74, 6) is 0.201. The van der Waals surface area contributed by atoms with Crippen LogP contribution >= 0.6 is 0 Å². The summed E-state index contributed by atoms with van der Waals surface area (Å²) in [6, 6.07) is 16.8. The largest absolute Gasteiger partial charge is 0.489 e. The van der Waals surface area contributed by atoms with Gasteiger partial charge in [-0.3, -0.25) is 9.59 Å². The quantitative estimate of drug-likeness (QED) is 0.817. The molecule has 0 saturated heterocycles. The fourth-order valence-corrected chi connectivity index (χ4v) is 2.70. The topological polar surface area (TPSA) is 58.6 Å². The van der Waals surface area contributed by atoms with Gasteiger partial charge in [0.15, 0.2) is 0 Å². The summed E-state index contributed by atoms with van der Waals surface area (Å²) < 4.78 is 5.72. The van der Waals surface area contributed by atoms with E-state index in [1.807, 2.05) is 69.3 Å². The fraction of sp³-hybridized carbons (Fsp3) is 0.333. The van der Waals surface area contributed by atoms with Crippen molar-refractivity contribution in [1.82, 2.24) is 4.90 Å². The maximum absolute atomic E-state index is 12.5. The van der Waals surface area contributed by atoms with Crippen LogP contribution in [-0.4, -0.2) is 29.4 Å². The summed E-state index contributed by atoms with van der Waals surface area (Å²) in [6.45, 7) is 7.22. The lowest BCUT2D eigenvalue weighted by atomic mass is 10.1. The van der Waals surface area contributed by atoms with Gasteiger partial charge < -0.3 is 15.0 Å². The monoisotopic (exact) mass is 354 g/mol. The predicted molar refractivity (Wildman–Crippen MR) is 103 cm³/mol. The number of rotatable bonds is 7. The van der Waals surface area contributed by atoms with E-state index in [1.54, 1.807) is 11.0 Å². The summed E-state index contributed by atoms with van der Waals surface area (Å²) in [5, 5.41) is 2.85. The molecule has 0 bridgehead atoms. The number of nitrogens with zero attached hydrogens (tertiary/aromatic N) is 1. The van der Waals surface area contributed by atoms with E-state index < -0.39 is 0 Å². The summed E-state index contributed by atoms with van der Waals surface area (Å²) in [7, 11) is 0. The number of anilines is 1. The van der Waals surface area contributed by atoms with Crippen molar-refractivity contribution in [2.75, 3.05) is 11.9 Å². The average molecular weight is 354 g/mol.